The normalized spacial score (nSPS) is 19.2. The van der Waals surface area contributed by atoms with E-state index in [9.17, 15) is 14.3 Å². The van der Waals surface area contributed by atoms with Gasteiger partial charge in [0, 0.05) is 17.2 Å². The van der Waals surface area contributed by atoms with Crippen LogP contribution in [0.25, 0.3) is 0 Å². The number of hydrogen-bond donors (Lipinski definition) is 2. The molecule has 0 spiro atoms. The number of rotatable bonds is 3. The van der Waals surface area contributed by atoms with Gasteiger partial charge in [0.1, 0.15) is 0 Å². The summed E-state index contributed by atoms with van der Waals surface area (Å²) in [6, 6.07) is 1.32. The second-order valence-electron chi connectivity index (χ2n) is 3.89. The van der Waals surface area contributed by atoms with Crippen LogP contribution in [0.15, 0.2) is 12.3 Å². The van der Waals surface area contributed by atoms with Gasteiger partial charge in [-0.1, -0.05) is 11.6 Å². The number of hydrogen-bond acceptors (Lipinski definition) is 3. The van der Waals surface area contributed by atoms with E-state index in [0.717, 1.165) is 6.20 Å². The third-order valence-corrected chi connectivity index (χ3v) is 3.09. The van der Waals surface area contributed by atoms with Gasteiger partial charge in [0.25, 0.3) is 0 Å². The number of aliphatic hydroxyl groups is 1. The molecule has 0 amide bonds. The largest absolute Gasteiger partial charge is 0.479 e. The van der Waals surface area contributed by atoms with Crippen LogP contribution in [0.3, 0.4) is 0 Å². The monoisotopic (exact) mass is 245 g/mol. The Hall–Kier alpha value is -1.20. The van der Waals surface area contributed by atoms with E-state index in [4.69, 9.17) is 16.7 Å². The molecule has 2 N–H and O–H groups in total. The van der Waals surface area contributed by atoms with Gasteiger partial charge in [-0.2, -0.15) is 4.39 Å². The summed E-state index contributed by atoms with van der Waals surface area (Å²) in [7, 11) is 0. The summed E-state index contributed by atoms with van der Waals surface area (Å²) in [5.41, 5.74) is -0.983. The lowest BCUT2D eigenvalue weighted by atomic mass is 9.91. The summed E-state index contributed by atoms with van der Waals surface area (Å²) >= 11 is 5.68. The van der Waals surface area contributed by atoms with Gasteiger partial charge in [0.05, 0.1) is 5.02 Å². The van der Waals surface area contributed by atoms with Crippen molar-refractivity contribution in [2.45, 2.75) is 24.4 Å². The van der Waals surface area contributed by atoms with Crippen molar-refractivity contribution in [3.63, 3.8) is 0 Å². The van der Waals surface area contributed by atoms with Crippen LogP contribution >= 0.6 is 11.6 Å². The Bertz CT molecular complexity index is 448. The van der Waals surface area contributed by atoms with Crippen molar-refractivity contribution in [3.05, 3.63) is 28.8 Å². The minimum absolute atomic E-state index is 0.0786. The van der Waals surface area contributed by atoms with Gasteiger partial charge < -0.3 is 10.2 Å². The van der Waals surface area contributed by atoms with Gasteiger partial charge in [-0.15, -0.1) is 0 Å². The van der Waals surface area contributed by atoms with Crippen molar-refractivity contribution in [2.24, 2.45) is 0 Å². The van der Waals surface area contributed by atoms with E-state index in [-0.39, 0.29) is 10.6 Å². The molecule has 1 unspecified atom stereocenters. The smallest absolute Gasteiger partial charge is 0.333 e. The molecule has 2 rings (SSSR count). The van der Waals surface area contributed by atoms with Gasteiger partial charge >= 0.3 is 5.97 Å². The number of pyridine rings is 1. The third-order valence-electron chi connectivity index (χ3n) is 2.89. The molecular formula is C10H9ClFNO3. The van der Waals surface area contributed by atoms with E-state index < -0.39 is 23.4 Å². The highest BCUT2D eigenvalue weighted by atomic mass is 35.5. The predicted octanol–water partition coefficient (Wildman–Crippen LogP) is 1.35. The van der Waals surface area contributed by atoms with Crippen LogP contribution in [0.4, 0.5) is 4.39 Å². The topological polar surface area (TPSA) is 70.4 Å². The first-order valence-electron chi connectivity index (χ1n) is 4.70. The van der Waals surface area contributed by atoms with Crippen LogP contribution in [-0.2, 0) is 10.2 Å². The Morgan fingerprint density at radius 1 is 1.62 bits per heavy atom. The van der Waals surface area contributed by atoms with Crippen LogP contribution in [0.2, 0.25) is 5.02 Å². The molecule has 1 aromatic heterocycles. The summed E-state index contributed by atoms with van der Waals surface area (Å²) in [5.74, 6) is -2.14. The number of halogens is 2. The average Bonchev–Trinajstić information content (AvgIpc) is 3.01. The van der Waals surface area contributed by atoms with Gasteiger partial charge in [-0.05, 0) is 18.9 Å². The SMILES string of the molecule is O=C(O)C(O)C1(c2cc(Cl)cnc2F)CC1. The Balaban J connectivity index is 2.44. The predicted molar refractivity (Wildman–Crippen MR) is 53.8 cm³/mol. The number of aliphatic carboxylic acids is 1. The summed E-state index contributed by atoms with van der Waals surface area (Å²) in [4.78, 5) is 14.2. The molecule has 1 aromatic rings. The van der Waals surface area contributed by atoms with Crippen LogP contribution in [0.5, 0.6) is 0 Å². The molecular weight excluding hydrogens is 237 g/mol. The third kappa shape index (κ3) is 1.66. The standard InChI is InChI=1S/C10H9ClFNO3/c11-5-3-6(8(12)13-4-5)10(1-2-10)7(14)9(15)16/h3-4,7,14H,1-2H2,(H,15,16). The minimum Gasteiger partial charge on any atom is -0.479 e. The maximum absolute atomic E-state index is 13.5. The number of carboxylic acids is 1. The number of carbonyl (C=O) groups is 1. The van der Waals surface area contributed by atoms with Crippen LogP contribution in [-0.4, -0.2) is 27.3 Å². The molecule has 0 aliphatic heterocycles. The lowest BCUT2D eigenvalue weighted by molar-refractivity contribution is -0.148. The number of nitrogens with zero attached hydrogens (tertiary/aromatic N) is 1. The van der Waals surface area contributed by atoms with E-state index in [1.54, 1.807) is 0 Å². The Labute approximate surface area is 95.7 Å². The Morgan fingerprint density at radius 2 is 2.25 bits per heavy atom. The van der Waals surface area contributed by atoms with Gasteiger partial charge in [0.15, 0.2) is 6.10 Å². The molecule has 16 heavy (non-hydrogen) atoms. The molecule has 0 radical (unpaired) electrons. The van der Waals surface area contributed by atoms with Crippen LogP contribution < -0.4 is 0 Å². The number of aromatic nitrogens is 1. The molecule has 0 saturated heterocycles. The summed E-state index contributed by atoms with van der Waals surface area (Å²) in [6.07, 6.45) is 0.352. The van der Waals surface area contributed by atoms with Crippen molar-refractivity contribution in [1.82, 2.24) is 4.98 Å². The molecule has 1 fully saturated rings. The average molecular weight is 246 g/mol. The number of carboxylic acid groups (broad SMARTS) is 1. The van der Waals surface area contributed by atoms with Crippen molar-refractivity contribution >= 4 is 17.6 Å². The van der Waals surface area contributed by atoms with Crippen molar-refractivity contribution in [1.29, 1.82) is 0 Å². The molecule has 1 heterocycles. The second-order valence-corrected chi connectivity index (χ2v) is 4.33. The van der Waals surface area contributed by atoms with Crippen molar-refractivity contribution in [2.75, 3.05) is 0 Å². The first kappa shape index (κ1) is 11.3. The first-order chi connectivity index (χ1) is 7.47. The fraction of sp³-hybridized carbons (Fsp3) is 0.400. The molecule has 1 aliphatic carbocycles. The highest BCUT2D eigenvalue weighted by Crippen LogP contribution is 2.52. The summed E-state index contributed by atoms with van der Waals surface area (Å²) < 4.78 is 13.5. The zero-order valence-electron chi connectivity index (χ0n) is 8.15. The summed E-state index contributed by atoms with van der Waals surface area (Å²) in [6.45, 7) is 0. The molecule has 4 nitrogen and oxygen atoms in total. The molecule has 1 aliphatic rings. The molecule has 86 valence electrons. The first-order valence-corrected chi connectivity index (χ1v) is 5.07. The highest BCUT2D eigenvalue weighted by Gasteiger charge is 2.55. The maximum atomic E-state index is 13.5. The molecule has 6 heteroatoms. The molecule has 1 atom stereocenters. The fourth-order valence-electron chi connectivity index (χ4n) is 1.83. The van der Waals surface area contributed by atoms with E-state index in [0.29, 0.717) is 12.8 Å². The number of aliphatic hydroxyl groups excluding tert-OH is 1. The fourth-order valence-corrected chi connectivity index (χ4v) is 1.99. The van der Waals surface area contributed by atoms with Crippen LogP contribution in [0, 0.1) is 5.95 Å². The minimum atomic E-state index is -1.62. The molecule has 1 saturated carbocycles. The van der Waals surface area contributed by atoms with Crippen molar-refractivity contribution in [3.8, 4) is 0 Å². The second kappa shape index (κ2) is 3.68. The van der Waals surface area contributed by atoms with E-state index in [1.807, 2.05) is 0 Å². The van der Waals surface area contributed by atoms with Crippen LogP contribution in [0.1, 0.15) is 18.4 Å². The van der Waals surface area contributed by atoms with Gasteiger partial charge in [-0.25, -0.2) is 9.78 Å². The lowest BCUT2D eigenvalue weighted by Crippen LogP contribution is -2.34. The van der Waals surface area contributed by atoms with Crippen molar-refractivity contribution < 1.29 is 19.4 Å². The van der Waals surface area contributed by atoms with E-state index in [1.165, 1.54) is 6.07 Å². The molecule has 0 aromatic carbocycles. The maximum Gasteiger partial charge on any atom is 0.333 e. The van der Waals surface area contributed by atoms with E-state index in [2.05, 4.69) is 4.98 Å². The van der Waals surface area contributed by atoms with Gasteiger partial charge in [-0.3, -0.25) is 0 Å². The van der Waals surface area contributed by atoms with Gasteiger partial charge in [0.2, 0.25) is 5.95 Å². The highest BCUT2D eigenvalue weighted by molar-refractivity contribution is 6.30. The van der Waals surface area contributed by atoms with E-state index >= 15 is 0 Å². The quantitative estimate of drug-likeness (QED) is 0.789. The molecule has 0 bridgehead atoms. The Morgan fingerprint density at radius 3 is 2.75 bits per heavy atom. The Kier molecular flexibility index (Phi) is 2.59. The zero-order valence-corrected chi connectivity index (χ0v) is 8.91. The summed E-state index contributed by atoms with van der Waals surface area (Å²) in [5, 5.41) is 18.5. The lowest BCUT2D eigenvalue weighted by Gasteiger charge is -2.19. The zero-order chi connectivity index (χ0) is 11.9.